The molecule has 1 atom stereocenters. The first-order valence-corrected chi connectivity index (χ1v) is 15.6. The van der Waals surface area contributed by atoms with E-state index in [0.717, 1.165) is 61.2 Å². The number of amides is 1. The number of piperidine rings is 1. The zero-order chi connectivity index (χ0) is 29.1. The van der Waals surface area contributed by atoms with E-state index in [1.165, 1.54) is 11.3 Å². The average Bonchev–Trinajstić information content (AvgIpc) is 3.73. The molecule has 240 valence electrons. The number of carbonyl (C=O) groups is 1. The van der Waals surface area contributed by atoms with Crippen molar-refractivity contribution >= 4 is 57.2 Å². The van der Waals surface area contributed by atoms with Gasteiger partial charge in [-0.05, 0) is 69.0 Å². The van der Waals surface area contributed by atoms with Crippen LogP contribution in [0.3, 0.4) is 0 Å². The molecule has 44 heavy (non-hydrogen) atoms. The van der Waals surface area contributed by atoms with Crippen LogP contribution in [0.4, 0.5) is 8.78 Å². The van der Waals surface area contributed by atoms with Crippen molar-refractivity contribution in [3.05, 3.63) is 53.5 Å². The largest absolute Gasteiger partial charge is 0.490 e. The van der Waals surface area contributed by atoms with Crippen molar-refractivity contribution in [1.29, 1.82) is 0 Å². The van der Waals surface area contributed by atoms with Crippen molar-refractivity contribution in [1.82, 2.24) is 24.9 Å². The number of rotatable bonds is 11. The SMILES string of the molecule is COCCOc1cc2c(cc1C(=O)NCCCN1CCC(F)CC1)sc1nc(-c3ccc(C4CCCN4)cc3F)cn12.Cl.Cl. The molecule has 8 nitrogen and oxygen atoms in total. The molecule has 13 heteroatoms. The molecule has 0 radical (unpaired) electrons. The summed E-state index contributed by atoms with van der Waals surface area (Å²) in [5, 5.41) is 6.43. The minimum absolute atomic E-state index is 0. The topological polar surface area (TPSA) is 80.1 Å². The second-order valence-electron chi connectivity index (χ2n) is 11.1. The number of fused-ring (bicyclic) bond motifs is 3. The second kappa shape index (κ2) is 15.6. The Morgan fingerprint density at radius 3 is 2.70 bits per heavy atom. The van der Waals surface area contributed by atoms with Crippen LogP contribution in [0, 0.1) is 5.82 Å². The molecular formula is C31H39Cl2F2N5O3S. The summed E-state index contributed by atoms with van der Waals surface area (Å²) in [6.45, 7) is 4.51. The molecule has 1 amide bonds. The molecule has 4 heterocycles. The standard InChI is InChI=1S/C31H37F2N5O3S.2ClH/c1-40-14-15-41-28-18-27-29(17-23(28)30(39)35-10-3-11-37-12-7-21(32)8-13-37)42-31-36-26(19-38(27)31)22-6-5-20(16-24(22)33)25-4-2-9-34-25;;/h5-6,16-19,21,25,34H,2-4,7-15H2,1H3,(H,35,39);2*1H. The summed E-state index contributed by atoms with van der Waals surface area (Å²) in [6.07, 6.45) is 5.21. The number of likely N-dealkylation sites (tertiary alicyclic amines) is 1. The number of halogens is 4. The van der Waals surface area contributed by atoms with E-state index < -0.39 is 6.17 Å². The van der Waals surface area contributed by atoms with Crippen LogP contribution in [0.25, 0.3) is 26.4 Å². The minimum atomic E-state index is -0.689. The van der Waals surface area contributed by atoms with Crippen LogP contribution in [0.15, 0.2) is 36.5 Å². The van der Waals surface area contributed by atoms with Gasteiger partial charge in [-0.25, -0.2) is 13.8 Å². The van der Waals surface area contributed by atoms with Gasteiger partial charge < -0.3 is 25.0 Å². The van der Waals surface area contributed by atoms with Crippen molar-refractivity contribution < 1.29 is 23.0 Å². The first-order valence-electron chi connectivity index (χ1n) is 14.8. The average molecular weight is 671 g/mol. The van der Waals surface area contributed by atoms with E-state index in [1.54, 1.807) is 13.2 Å². The van der Waals surface area contributed by atoms with Crippen LogP contribution < -0.4 is 15.4 Å². The van der Waals surface area contributed by atoms with Crippen LogP contribution in [0.2, 0.25) is 0 Å². The van der Waals surface area contributed by atoms with Gasteiger partial charge in [-0.1, -0.05) is 17.4 Å². The van der Waals surface area contributed by atoms with Gasteiger partial charge in [0.05, 0.1) is 28.1 Å². The molecule has 4 aromatic rings. The number of thiazole rings is 1. The summed E-state index contributed by atoms with van der Waals surface area (Å²) in [7, 11) is 1.60. The summed E-state index contributed by atoms with van der Waals surface area (Å²) >= 11 is 1.44. The normalized spacial score (nSPS) is 17.5. The molecule has 6 rings (SSSR count). The lowest BCUT2D eigenvalue weighted by Gasteiger charge is -2.28. The van der Waals surface area contributed by atoms with E-state index in [2.05, 4.69) is 15.5 Å². The Labute approximate surface area is 272 Å². The van der Waals surface area contributed by atoms with Gasteiger partial charge in [0.2, 0.25) is 0 Å². The first-order chi connectivity index (χ1) is 20.5. The zero-order valence-electron chi connectivity index (χ0n) is 24.7. The maximum absolute atomic E-state index is 15.2. The molecule has 0 saturated carbocycles. The van der Waals surface area contributed by atoms with E-state index in [0.29, 0.717) is 60.1 Å². The number of hydrogen-bond acceptors (Lipinski definition) is 7. The van der Waals surface area contributed by atoms with Crippen LogP contribution in [0.1, 0.15) is 54.1 Å². The van der Waals surface area contributed by atoms with Gasteiger partial charge in [-0.2, -0.15) is 0 Å². The Kier molecular flexibility index (Phi) is 12.2. The molecule has 2 aliphatic rings. The van der Waals surface area contributed by atoms with Gasteiger partial charge >= 0.3 is 0 Å². The summed E-state index contributed by atoms with van der Waals surface area (Å²) in [4.78, 5) is 20.9. The Bertz CT molecular complexity index is 1550. The highest BCUT2D eigenvalue weighted by Gasteiger charge is 2.22. The van der Waals surface area contributed by atoms with Gasteiger partial charge in [0.15, 0.2) is 4.96 Å². The molecule has 2 fully saturated rings. The minimum Gasteiger partial charge on any atom is -0.490 e. The van der Waals surface area contributed by atoms with Gasteiger partial charge in [0.1, 0.15) is 24.3 Å². The fraction of sp³-hybridized carbons (Fsp3) is 0.484. The van der Waals surface area contributed by atoms with Crippen LogP contribution in [-0.2, 0) is 4.74 Å². The highest BCUT2D eigenvalue weighted by molar-refractivity contribution is 7.23. The van der Waals surface area contributed by atoms with Gasteiger partial charge in [0.25, 0.3) is 5.91 Å². The molecule has 2 aromatic carbocycles. The molecule has 2 aromatic heterocycles. The molecular weight excluding hydrogens is 631 g/mol. The van der Waals surface area contributed by atoms with E-state index in [4.69, 9.17) is 14.5 Å². The first kappa shape index (κ1) is 34.3. The van der Waals surface area contributed by atoms with E-state index >= 15 is 4.39 Å². The number of alkyl halides is 1. The third-order valence-corrected chi connectivity index (χ3v) is 9.19. The number of imidazole rings is 1. The maximum atomic E-state index is 15.2. The lowest BCUT2D eigenvalue weighted by molar-refractivity contribution is 0.0942. The lowest BCUT2D eigenvalue weighted by Crippen LogP contribution is -2.36. The van der Waals surface area contributed by atoms with E-state index in [-0.39, 0.29) is 42.6 Å². The van der Waals surface area contributed by atoms with E-state index in [9.17, 15) is 9.18 Å². The number of ether oxygens (including phenoxy) is 2. The molecule has 2 saturated heterocycles. The number of nitrogens with zero attached hydrogens (tertiary/aromatic N) is 3. The predicted molar refractivity (Wildman–Crippen MR) is 175 cm³/mol. The third-order valence-electron chi connectivity index (χ3n) is 8.17. The molecule has 2 N–H and O–H groups in total. The lowest BCUT2D eigenvalue weighted by atomic mass is 10.0. The zero-order valence-corrected chi connectivity index (χ0v) is 27.1. The summed E-state index contributed by atoms with van der Waals surface area (Å²) in [5.41, 5.74) is 3.27. The number of aromatic nitrogens is 2. The molecule has 0 bridgehead atoms. The molecule has 1 unspecified atom stereocenters. The Morgan fingerprint density at radius 1 is 1.16 bits per heavy atom. The van der Waals surface area contributed by atoms with Gasteiger partial charge in [0, 0.05) is 50.6 Å². The fourth-order valence-corrected chi connectivity index (χ4v) is 6.87. The van der Waals surface area contributed by atoms with Gasteiger partial charge in [-0.15, -0.1) is 24.8 Å². The molecule has 0 aliphatic carbocycles. The summed E-state index contributed by atoms with van der Waals surface area (Å²) in [5.74, 6) is -0.0419. The Balaban J connectivity index is 0.00000221. The van der Waals surface area contributed by atoms with Crippen LogP contribution >= 0.6 is 36.2 Å². The second-order valence-corrected chi connectivity index (χ2v) is 12.1. The number of nitrogens with one attached hydrogen (secondary N) is 2. The Hall–Kier alpha value is -2.54. The molecule has 2 aliphatic heterocycles. The van der Waals surface area contributed by atoms with Gasteiger partial charge in [-0.3, -0.25) is 9.20 Å². The van der Waals surface area contributed by atoms with Crippen molar-refractivity contribution in [3.63, 3.8) is 0 Å². The Morgan fingerprint density at radius 2 is 1.98 bits per heavy atom. The summed E-state index contributed by atoms with van der Waals surface area (Å²) in [6, 6.07) is 9.28. The number of hydrogen-bond donors (Lipinski definition) is 2. The summed E-state index contributed by atoms with van der Waals surface area (Å²) < 4.78 is 42.5. The molecule has 0 spiro atoms. The van der Waals surface area contributed by atoms with Crippen molar-refractivity contribution in [2.45, 2.75) is 44.3 Å². The monoisotopic (exact) mass is 669 g/mol. The quantitative estimate of drug-likeness (QED) is 0.185. The smallest absolute Gasteiger partial charge is 0.255 e. The van der Waals surface area contributed by atoms with Crippen LogP contribution in [0.5, 0.6) is 5.75 Å². The van der Waals surface area contributed by atoms with Crippen LogP contribution in [-0.4, -0.2) is 79.4 Å². The van der Waals surface area contributed by atoms with Crippen molar-refractivity contribution in [2.24, 2.45) is 0 Å². The number of methoxy groups -OCH3 is 1. The van der Waals surface area contributed by atoms with Crippen molar-refractivity contribution in [3.8, 4) is 17.0 Å². The highest BCUT2D eigenvalue weighted by atomic mass is 35.5. The predicted octanol–water partition coefficient (Wildman–Crippen LogP) is 6.20. The maximum Gasteiger partial charge on any atom is 0.255 e. The highest BCUT2D eigenvalue weighted by Crippen LogP contribution is 2.35. The van der Waals surface area contributed by atoms with Crippen molar-refractivity contribution in [2.75, 3.05) is 53.0 Å². The third kappa shape index (κ3) is 7.63. The van der Waals surface area contributed by atoms with E-state index in [1.807, 2.05) is 34.9 Å². The fourth-order valence-electron chi connectivity index (χ4n) is 5.84. The number of benzene rings is 2. The number of carbonyl (C=O) groups excluding carboxylic acids is 1.